The minimum absolute atomic E-state index is 0.204. The molecule has 3 rings (SSSR count). The first-order valence-corrected chi connectivity index (χ1v) is 16.3. The van der Waals surface area contributed by atoms with Crippen LogP contribution < -0.4 is 11.3 Å². The van der Waals surface area contributed by atoms with E-state index in [2.05, 4.69) is 10.1 Å². The van der Waals surface area contributed by atoms with Crippen LogP contribution in [-0.2, 0) is 11.3 Å². The Balaban J connectivity index is 1.28. The maximum absolute atomic E-state index is 12.6. The summed E-state index contributed by atoms with van der Waals surface area (Å²) in [5.41, 5.74) is 4.13. The lowest BCUT2D eigenvalue weighted by Gasteiger charge is -2.24. The second-order valence-corrected chi connectivity index (χ2v) is 12.3. The van der Waals surface area contributed by atoms with Crippen molar-refractivity contribution >= 4 is 41.2 Å². The standard InChI is InChI=1S/C33H47N5O3S/c1-38(32(39)17-9-7-5-3-2-4-6-8-12-26-13-10-14-26)24-27-18-20-31(21-19-27)42-25-30(36-34)23-35-29-16-11-15-28(22-29)33(40)37-41/h11,15-16,18-23,26,41H,2-10,12-14,17,24-25,34H2,1H3,(H,37,40)/b35-23?,36-30+. The minimum atomic E-state index is -0.602. The number of aliphatic imine (C=N–C) groups is 1. The molecule has 0 radical (unpaired) electrons. The maximum atomic E-state index is 12.6. The average Bonchev–Trinajstić information content (AvgIpc) is 2.99. The molecule has 0 heterocycles. The van der Waals surface area contributed by atoms with Crippen LogP contribution in [0.1, 0.15) is 99.4 Å². The summed E-state index contributed by atoms with van der Waals surface area (Å²) in [6.45, 7) is 0.597. The Labute approximate surface area is 255 Å². The van der Waals surface area contributed by atoms with E-state index >= 15 is 0 Å². The molecular formula is C33H47N5O3S. The van der Waals surface area contributed by atoms with Crippen LogP contribution in [0.2, 0.25) is 0 Å². The maximum Gasteiger partial charge on any atom is 0.274 e. The van der Waals surface area contributed by atoms with E-state index in [4.69, 9.17) is 11.0 Å². The number of nitrogens with one attached hydrogen (secondary N) is 1. The molecule has 0 atom stereocenters. The summed E-state index contributed by atoms with van der Waals surface area (Å²) in [6, 6.07) is 14.7. The number of nitrogens with two attached hydrogens (primary N) is 1. The van der Waals surface area contributed by atoms with E-state index in [0.29, 0.717) is 35.7 Å². The van der Waals surface area contributed by atoms with Crippen molar-refractivity contribution < 1.29 is 14.8 Å². The Morgan fingerprint density at radius 2 is 1.71 bits per heavy atom. The fraction of sp³-hybridized carbons (Fsp3) is 0.515. The number of thioether (sulfide) groups is 1. The highest BCUT2D eigenvalue weighted by Crippen LogP contribution is 2.31. The topological polar surface area (TPSA) is 120 Å². The monoisotopic (exact) mass is 593 g/mol. The van der Waals surface area contributed by atoms with Crippen LogP contribution in [0.5, 0.6) is 0 Å². The molecule has 2 amide bonds. The summed E-state index contributed by atoms with van der Waals surface area (Å²) in [7, 11) is 1.88. The molecule has 1 aliphatic carbocycles. The summed E-state index contributed by atoms with van der Waals surface area (Å²) in [4.78, 5) is 31.4. The van der Waals surface area contributed by atoms with Gasteiger partial charge in [0.2, 0.25) is 5.91 Å². The van der Waals surface area contributed by atoms with Gasteiger partial charge in [0.15, 0.2) is 0 Å². The van der Waals surface area contributed by atoms with Crippen LogP contribution >= 0.6 is 11.8 Å². The van der Waals surface area contributed by atoms with E-state index in [0.717, 1.165) is 29.2 Å². The first-order valence-electron chi connectivity index (χ1n) is 15.3. The second-order valence-electron chi connectivity index (χ2n) is 11.2. The van der Waals surface area contributed by atoms with Crippen molar-refractivity contribution in [2.45, 2.75) is 94.9 Å². The zero-order valence-corrected chi connectivity index (χ0v) is 25.8. The van der Waals surface area contributed by atoms with Gasteiger partial charge in [0.25, 0.3) is 5.91 Å². The van der Waals surface area contributed by atoms with Gasteiger partial charge in [0, 0.05) is 36.2 Å². The van der Waals surface area contributed by atoms with E-state index in [1.54, 1.807) is 47.7 Å². The van der Waals surface area contributed by atoms with Crippen LogP contribution in [0.25, 0.3) is 0 Å². The molecule has 1 aliphatic rings. The molecule has 0 saturated heterocycles. The average molecular weight is 594 g/mol. The van der Waals surface area contributed by atoms with E-state index in [-0.39, 0.29) is 5.91 Å². The first-order chi connectivity index (χ1) is 20.5. The van der Waals surface area contributed by atoms with Crippen molar-refractivity contribution in [1.82, 2.24) is 10.4 Å². The SMILES string of the molecule is CN(Cc1ccc(SC/C(C=Nc2cccc(C(=O)NO)c2)=N/N)cc1)C(=O)CCCCCCCCCCC1CCC1. The molecule has 2 aromatic rings. The van der Waals surface area contributed by atoms with Crippen molar-refractivity contribution in [3.8, 4) is 0 Å². The summed E-state index contributed by atoms with van der Waals surface area (Å²) < 4.78 is 0. The molecule has 228 valence electrons. The molecule has 2 aromatic carbocycles. The molecule has 0 unspecified atom stereocenters. The predicted octanol–water partition coefficient (Wildman–Crippen LogP) is 7.27. The van der Waals surface area contributed by atoms with Gasteiger partial charge < -0.3 is 10.7 Å². The van der Waals surface area contributed by atoms with E-state index in [1.165, 1.54) is 64.2 Å². The third-order valence-corrected chi connectivity index (χ3v) is 8.92. The number of hydrogen-bond donors (Lipinski definition) is 3. The highest BCUT2D eigenvalue weighted by atomic mass is 32.2. The number of amides is 2. The van der Waals surface area contributed by atoms with Crippen LogP contribution in [0.15, 0.2) is 63.5 Å². The number of nitrogens with zero attached hydrogens (tertiary/aromatic N) is 3. The number of unbranched alkanes of at least 4 members (excludes halogenated alkanes) is 7. The van der Waals surface area contributed by atoms with Crippen LogP contribution in [0, 0.1) is 5.92 Å². The smallest absolute Gasteiger partial charge is 0.274 e. The molecule has 42 heavy (non-hydrogen) atoms. The molecule has 1 saturated carbocycles. The molecule has 9 heteroatoms. The molecule has 4 N–H and O–H groups in total. The van der Waals surface area contributed by atoms with Crippen LogP contribution in [0.4, 0.5) is 5.69 Å². The number of hydroxylamine groups is 1. The normalized spacial score (nSPS) is 13.7. The fourth-order valence-corrected chi connectivity index (χ4v) is 5.79. The molecule has 0 bridgehead atoms. The third kappa shape index (κ3) is 12.4. The largest absolute Gasteiger partial charge is 0.341 e. The zero-order chi connectivity index (χ0) is 30.0. The number of benzene rings is 2. The quantitative estimate of drug-likeness (QED) is 0.0395. The number of carbonyl (C=O) groups excluding carboxylic acids is 2. The Kier molecular flexibility index (Phi) is 15.2. The molecule has 8 nitrogen and oxygen atoms in total. The highest BCUT2D eigenvalue weighted by Gasteiger charge is 2.16. The Morgan fingerprint density at radius 1 is 1.02 bits per heavy atom. The predicted molar refractivity (Wildman–Crippen MR) is 173 cm³/mol. The molecule has 0 spiro atoms. The summed E-state index contributed by atoms with van der Waals surface area (Å²) in [5, 5.41) is 12.6. The van der Waals surface area contributed by atoms with Gasteiger partial charge in [-0.1, -0.05) is 88.8 Å². The highest BCUT2D eigenvalue weighted by molar-refractivity contribution is 8.00. The second kappa shape index (κ2) is 19.1. The fourth-order valence-electron chi connectivity index (χ4n) is 5.00. The number of hydrazone groups is 1. The Bertz CT molecular complexity index is 1160. The number of hydrogen-bond acceptors (Lipinski definition) is 7. The minimum Gasteiger partial charge on any atom is -0.341 e. The van der Waals surface area contributed by atoms with Gasteiger partial charge in [0.05, 0.1) is 17.6 Å². The molecule has 0 aromatic heterocycles. The molecule has 1 fully saturated rings. The van der Waals surface area contributed by atoms with E-state index in [1.807, 2.05) is 36.2 Å². The summed E-state index contributed by atoms with van der Waals surface area (Å²) in [5.74, 6) is 6.72. The van der Waals surface area contributed by atoms with Gasteiger partial charge >= 0.3 is 0 Å². The van der Waals surface area contributed by atoms with Crippen molar-refractivity contribution in [2.24, 2.45) is 21.9 Å². The van der Waals surface area contributed by atoms with E-state index in [9.17, 15) is 9.59 Å². The lowest BCUT2D eigenvalue weighted by molar-refractivity contribution is -0.130. The zero-order valence-electron chi connectivity index (χ0n) is 25.0. The molecular weight excluding hydrogens is 546 g/mol. The van der Waals surface area contributed by atoms with E-state index < -0.39 is 5.91 Å². The van der Waals surface area contributed by atoms with Gasteiger partial charge in [-0.3, -0.25) is 19.8 Å². The van der Waals surface area contributed by atoms with Crippen molar-refractivity contribution in [2.75, 3.05) is 12.8 Å². The van der Waals surface area contributed by atoms with Crippen molar-refractivity contribution in [3.05, 3.63) is 59.7 Å². The van der Waals surface area contributed by atoms with Gasteiger partial charge in [-0.15, -0.1) is 11.8 Å². The first kappa shape index (κ1) is 33.3. The summed E-state index contributed by atoms with van der Waals surface area (Å²) in [6.07, 6.45) is 18.2. The Morgan fingerprint density at radius 3 is 2.36 bits per heavy atom. The lowest BCUT2D eigenvalue weighted by atomic mass is 9.81. The Hall–Kier alpha value is -3.17. The third-order valence-electron chi connectivity index (χ3n) is 7.87. The van der Waals surface area contributed by atoms with Crippen LogP contribution in [0.3, 0.4) is 0 Å². The lowest BCUT2D eigenvalue weighted by Crippen LogP contribution is -2.25. The van der Waals surface area contributed by atoms with Gasteiger partial charge in [-0.05, 0) is 48.2 Å². The summed E-state index contributed by atoms with van der Waals surface area (Å²) >= 11 is 1.58. The van der Waals surface area contributed by atoms with Gasteiger partial charge in [-0.25, -0.2) is 5.48 Å². The van der Waals surface area contributed by atoms with Crippen molar-refractivity contribution in [1.29, 1.82) is 0 Å². The van der Waals surface area contributed by atoms with Gasteiger partial charge in [-0.2, -0.15) is 5.10 Å². The number of carbonyl (C=O) groups is 2. The number of rotatable bonds is 19. The van der Waals surface area contributed by atoms with Crippen LogP contribution in [-0.4, -0.2) is 46.6 Å². The van der Waals surface area contributed by atoms with Crippen molar-refractivity contribution in [3.63, 3.8) is 0 Å². The molecule has 0 aliphatic heterocycles. The van der Waals surface area contributed by atoms with Gasteiger partial charge in [0.1, 0.15) is 0 Å².